The molecule has 1 aromatic carbocycles. The zero-order valence-electron chi connectivity index (χ0n) is 13.8. The summed E-state index contributed by atoms with van der Waals surface area (Å²) in [6, 6.07) is 13.8. The number of hydrogen-bond donors (Lipinski definition) is 2. The number of fused-ring (bicyclic) bond motifs is 1. The predicted molar refractivity (Wildman–Crippen MR) is 114 cm³/mol. The Morgan fingerprint density at radius 2 is 1.44 bits per heavy atom. The fraction of sp³-hybridized carbons (Fsp3) is 0. The summed E-state index contributed by atoms with van der Waals surface area (Å²) in [5.41, 5.74) is 2.67. The highest BCUT2D eigenvalue weighted by Crippen LogP contribution is 2.32. The largest absolute Gasteiger partial charge is 0.316 e. The molecule has 27 heavy (non-hydrogen) atoms. The Bertz CT molecular complexity index is 1160. The molecule has 4 heterocycles. The Kier molecular flexibility index (Phi) is 4.24. The third kappa shape index (κ3) is 3.52. The van der Waals surface area contributed by atoms with Gasteiger partial charge in [0.2, 0.25) is 0 Å². The van der Waals surface area contributed by atoms with Crippen LogP contribution in [-0.2, 0) is 0 Å². The molecular formula is C18H12N6S3. The average molecular weight is 409 g/mol. The second kappa shape index (κ2) is 7.03. The summed E-state index contributed by atoms with van der Waals surface area (Å²) in [5, 5.41) is 12.9. The van der Waals surface area contributed by atoms with Crippen molar-refractivity contribution in [2.24, 2.45) is 0 Å². The second-order valence-electron chi connectivity index (χ2n) is 5.53. The van der Waals surface area contributed by atoms with Gasteiger partial charge in [-0.05, 0) is 24.3 Å². The van der Waals surface area contributed by atoms with E-state index in [4.69, 9.17) is 0 Å². The first kappa shape index (κ1) is 16.3. The lowest BCUT2D eigenvalue weighted by Gasteiger charge is -1.99. The number of para-hydroxylation sites is 1. The minimum absolute atomic E-state index is 0.773. The van der Waals surface area contributed by atoms with Gasteiger partial charge < -0.3 is 10.6 Å². The van der Waals surface area contributed by atoms with Crippen molar-refractivity contribution >= 4 is 65.4 Å². The van der Waals surface area contributed by atoms with Gasteiger partial charge in [0.05, 0.1) is 10.2 Å². The third-order valence-electron chi connectivity index (χ3n) is 3.68. The quantitative estimate of drug-likeness (QED) is 0.385. The van der Waals surface area contributed by atoms with Crippen LogP contribution in [-0.4, -0.2) is 19.9 Å². The Labute approximate surface area is 166 Å². The molecule has 0 amide bonds. The molecule has 0 saturated heterocycles. The smallest absolute Gasteiger partial charge is 0.190 e. The number of hydrogen-bond acceptors (Lipinski definition) is 9. The molecule has 9 heteroatoms. The molecule has 0 fully saturated rings. The van der Waals surface area contributed by atoms with Crippen LogP contribution in [0.1, 0.15) is 0 Å². The highest BCUT2D eigenvalue weighted by molar-refractivity contribution is 7.22. The molecule has 0 aliphatic rings. The number of nitrogens with one attached hydrogen (secondary N) is 2. The molecule has 0 spiro atoms. The van der Waals surface area contributed by atoms with E-state index in [0.717, 1.165) is 42.8 Å². The highest BCUT2D eigenvalue weighted by atomic mass is 32.1. The predicted octanol–water partition coefficient (Wildman–Crippen LogP) is 5.76. The van der Waals surface area contributed by atoms with Gasteiger partial charge in [-0.3, -0.25) is 0 Å². The summed E-state index contributed by atoms with van der Waals surface area (Å²) in [6.45, 7) is 0. The van der Waals surface area contributed by atoms with Crippen molar-refractivity contribution in [3.63, 3.8) is 0 Å². The number of aromatic nitrogens is 4. The number of nitrogens with zero attached hydrogens (tertiary/aromatic N) is 4. The Morgan fingerprint density at radius 3 is 2.19 bits per heavy atom. The van der Waals surface area contributed by atoms with Crippen molar-refractivity contribution in [2.75, 3.05) is 10.6 Å². The van der Waals surface area contributed by atoms with Crippen LogP contribution in [0.2, 0.25) is 0 Å². The average Bonchev–Trinajstić information content (AvgIpc) is 3.42. The van der Waals surface area contributed by atoms with E-state index >= 15 is 0 Å². The minimum atomic E-state index is 0.773. The topological polar surface area (TPSA) is 75.6 Å². The fourth-order valence-electron chi connectivity index (χ4n) is 2.46. The molecule has 6 nitrogen and oxygen atoms in total. The van der Waals surface area contributed by atoms with Crippen LogP contribution in [0.3, 0.4) is 0 Å². The van der Waals surface area contributed by atoms with Gasteiger partial charge in [-0.25, -0.2) is 19.9 Å². The maximum atomic E-state index is 4.64. The van der Waals surface area contributed by atoms with Gasteiger partial charge in [-0.15, -0.1) is 22.7 Å². The zero-order valence-corrected chi connectivity index (χ0v) is 16.2. The van der Waals surface area contributed by atoms with Crippen molar-refractivity contribution in [1.82, 2.24) is 19.9 Å². The van der Waals surface area contributed by atoms with Crippen LogP contribution in [0.25, 0.3) is 21.6 Å². The van der Waals surface area contributed by atoms with Crippen molar-refractivity contribution in [3.05, 3.63) is 59.4 Å². The van der Waals surface area contributed by atoms with Gasteiger partial charge in [0.15, 0.2) is 15.4 Å². The van der Waals surface area contributed by atoms with E-state index in [1.165, 1.54) is 22.7 Å². The summed E-state index contributed by atoms with van der Waals surface area (Å²) >= 11 is 4.68. The lowest BCUT2D eigenvalue weighted by atomic mass is 10.3. The maximum absolute atomic E-state index is 4.64. The summed E-state index contributed by atoms with van der Waals surface area (Å²) in [4.78, 5) is 18.1. The molecule has 0 aliphatic heterocycles. The zero-order chi connectivity index (χ0) is 18.1. The summed E-state index contributed by atoms with van der Waals surface area (Å²) in [5.74, 6) is 0.773. The molecule has 132 valence electrons. The number of thiazole rings is 3. The molecule has 0 unspecified atom stereocenters. The number of benzene rings is 1. The van der Waals surface area contributed by atoms with Crippen LogP contribution in [0.4, 0.5) is 21.2 Å². The molecule has 0 aliphatic carbocycles. The summed E-state index contributed by atoms with van der Waals surface area (Å²) in [7, 11) is 0. The van der Waals surface area contributed by atoms with E-state index in [2.05, 4.69) is 36.6 Å². The molecule has 2 N–H and O–H groups in total. The monoisotopic (exact) mass is 408 g/mol. The van der Waals surface area contributed by atoms with Crippen LogP contribution >= 0.6 is 34.0 Å². The first-order valence-corrected chi connectivity index (χ1v) is 10.6. The number of pyridine rings is 1. The molecule has 5 aromatic rings. The molecule has 4 aromatic heterocycles. The van der Waals surface area contributed by atoms with Gasteiger partial charge in [0.1, 0.15) is 17.2 Å². The molecular weight excluding hydrogens is 396 g/mol. The highest BCUT2D eigenvalue weighted by Gasteiger charge is 2.11. The molecule has 0 saturated carbocycles. The second-order valence-corrected chi connectivity index (χ2v) is 8.27. The Hall–Kier alpha value is -2.88. The van der Waals surface area contributed by atoms with Gasteiger partial charge in [0, 0.05) is 17.0 Å². The SMILES string of the molecule is c1ccc(Nc2nc(-c3csc(Nc4nc5ccccc5s4)n3)cs2)nc1. The van der Waals surface area contributed by atoms with Crippen LogP contribution in [0.15, 0.2) is 59.4 Å². The minimum Gasteiger partial charge on any atom is -0.316 e. The van der Waals surface area contributed by atoms with Crippen molar-refractivity contribution in [3.8, 4) is 11.4 Å². The van der Waals surface area contributed by atoms with E-state index in [9.17, 15) is 0 Å². The van der Waals surface area contributed by atoms with Crippen molar-refractivity contribution < 1.29 is 0 Å². The van der Waals surface area contributed by atoms with Gasteiger partial charge in [-0.2, -0.15) is 0 Å². The molecule has 0 bridgehead atoms. The first-order chi connectivity index (χ1) is 13.3. The number of anilines is 4. The standard InChI is InChI=1S/C18H12N6S3/c1-2-6-14-11(5-1)20-18(27-14)24-17-22-13(10-26-17)12-9-25-16(21-12)23-15-7-3-4-8-19-15/h1-10H,(H,19,21,23)(H,20,22,24). The number of rotatable bonds is 5. The molecule has 0 radical (unpaired) electrons. The first-order valence-electron chi connectivity index (χ1n) is 8.05. The van der Waals surface area contributed by atoms with E-state index in [1.54, 1.807) is 17.5 Å². The summed E-state index contributed by atoms with van der Waals surface area (Å²) in [6.07, 6.45) is 1.75. The van der Waals surface area contributed by atoms with Gasteiger partial charge >= 0.3 is 0 Å². The Balaban J connectivity index is 1.33. The third-order valence-corrected chi connectivity index (χ3v) is 6.15. The summed E-state index contributed by atoms with van der Waals surface area (Å²) < 4.78 is 1.15. The van der Waals surface area contributed by atoms with Crippen LogP contribution < -0.4 is 10.6 Å². The molecule has 0 atom stereocenters. The van der Waals surface area contributed by atoms with E-state index in [1.807, 2.05) is 47.2 Å². The van der Waals surface area contributed by atoms with E-state index in [-0.39, 0.29) is 0 Å². The normalized spacial score (nSPS) is 11.0. The van der Waals surface area contributed by atoms with Gasteiger partial charge in [0.25, 0.3) is 0 Å². The van der Waals surface area contributed by atoms with E-state index < -0.39 is 0 Å². The lowest BCUT2D eigenvalue weighted by molar-refractivity contribution is 1.27. The van der Waals surface area contributed by atoms with Crippen LogP contribution in [0.5, 0.6) is 0 Å². The fourth-order valence-corrected chi connectivity index (χ4v) is 4.81. The van der Waals surface area contributed by atoms with Crippen molar-refractivity contribution in [2.45, 2.75) is 0 Å². The van der Waals surface area contributed by atoms with E-state index in [0.29, 0.717) is 0 Å². The van der Waals surface area contributed by atoms with Crippen LogP contribution in [0, 0.1) is 0 Å². The maximum Gasteiger partial charge on any atom is 0.190 e. The lowest BCUT2D eigenvalue weighted by Crippen LogP contribution is -1.92. The van der Waals surface area contributed by atoms with Crippen molar-refractivity contribution in [1.29, 1.82) is 0 Å². The Morgan fingerprint density at radius 1 is 0.704 bits per heavy atom. The van der Waals surface area contributed by atoms with Gasteiger partial charge in [-0.1, -0.05) is 29.5 Å². The molecule has 5 rings (SSSR count).